The number of hydrogen-bond donors (Lipinski definition) is 1. The van der Waals surface area contributed by atoms with Crippen LogP contribution in [0.25, 0.3) is 6.08 Å². The fraction of sp³-hybridized carbons (Fsp3) is 0.550. The number of amides is 1. The van der Waals surface area contributed by atoms with E-state index in [0.717, 1.165) is 50.5 Å². The zero-order valence-electron chi connectivity index (χ0n) is 15.9. The van der Waals surface area contributed by atoms with Crippen molar-refractivity contribution in [2.75, 3.05) is 6.54 Å². The summed E-state index contributed by atoms with van der Waals surface area (Å²) >= 11 is 6.76. The van der Waals surface area contributed by atoms with E-state index in [1.54, 1.807) is 4.90 Å². The molecule has 2 heterocycles. The minimum atomic E-state index is -0.704. The van der Waals surface area contributed by atoms with Crippen LogP contribution in [0, 0.1) is 0 Å². The molecule has 0 saturated carbocycles. The highest BCUT2D eigenvalue weighted by molar-refractivity contribution is 8.26. The minimum Gasteiger partial charge on any atom is -0.481 e. The molecule has 7 heteroatoms. The Labute approximate surface area is 170 Å². The first-order chi connectivity index (χ1) is 13.0. The topological polar surface area (TPSA) is 62.5 Å². The molecule has 0 radical (unpaired) electrons. The summed E-state index contributed by atoms with van der Waals surface area (Å²) in [6, 6.07) is 1.98. The van der Waals surface area contributed by atoms with Crippen molar-refractivity contribution in [2.24, 2.45) is 7.05 Å². The molecular weight excluding hydrogens is 380 g/mol. The summed E-state index contributed by atoms with van der Waals surface area (Å²) in [6.07, 6.45) is 14.5. The molecule has 1 amide bonds. The van der Waals surface area contributed by atoms with Crippen LogP contribution >= 0.6 is 24.0 Å². The first-order valence-corrected chi connectivity index (χ1v) is 10.8. The molecular formula is C20H28N2O3S2. The second kappa shape index (κ2) is 11.3. The number of carbonyl (C=O) groups is 2. The summed E-state index contributed by atoms with van der Waals surface area (Å²) in [7, 11) is 1.96. The van der Waals surface area contributed by atoms with Crippen molar-refractivity contribution in [3.05, 3.63) is 28.9 Å². The number of thiocarbonyl (C=S) groups is 1. The summed E-state index contributed by atoms with van der Waals surface area (Å²) in [5.74, 6) is -0.684. The van der Waals surface area contributed by atoms with Crippen molar-refractivity contribution >= 4 is 46.3 Å². The lowest BCUT2D eigenvalue weighted by atomic mass is 10.1. The second-order valence-electron chi connectivity index (χ2n) is 6.92. The average molecular weight is 409 g/mol. The minimum absolute atomic E-state index is 0.0206. The Kier molecular flexibility index (Phi) is 9.07. The largest absolute Gasteiger partial charge is 0.481 e. The number of aryl methyl sites for hydroxylation is 1. The highest BCUT2D eigenvalue weighted by Crippen LogP contribution is 2.32. The number of hydrogen-bond acceptors (Lipinski definition) is 4. The van der Waals surface area contributed by atoms with Crippen LogP contribution in [0.15, 0.2) is 23.4 Å². The Hall–Kier alpha value is -1.60. The molecule has 5 nitrogen and oxygen atoms in total. The third kappa shape index (κ3) is 7.50. The van der Waals surface area contributed by atoms with Crippen LogP contribution in [0.1, 0.15) is 63.4 Å². The van der Waals surface area contributed by atoms with E-state index in [9.17, 15) is 9.59 Å². The highest BCUT2D eigenvalue weighted by atomic mass is 32.2. The van der Waals surface area contributed by atoms with Crippen LogP contribution in [0.2, 0.25) is 0 Å². The van der Waals surface area contributed by atoms with E-state index >= 15 is 0 Å². The molecule has 1 aromatic rings. The fourth-order valence-corrected chi connectivity index (χ4v) is 4.37. The van der Waals surface area contributed by atoms with Gasteiger partial charge in [0.05, 0.1) is 4.91 Å². The molecule has 0 unspecified atom stereocenters. The van der Waals surface area contributed by atoms with Gasteiger partial charge in [-0.05, 0) is 30.5 Å². The Balaban J connectivity index is 1.61. The van der Waals surface area contributed by atoms with E-state index in [1.165, 1.54) is 18.2 Å². The van der Waals surface area contributed by atoms with Gasteiger partial charge in [0, 0.05) is 32.4 Å². The maximum Gasteiger partial charge on any atom is 0.303 e. The summed E-state index contributed by atoms with van der Waals surface area (Å²) < 4.78 is 2.61. The molecule has 0 bridgehead atoms. The molecule has 1 aliphatic rings. The van der Waals surface area contributed by atoms with E-state index < -0.39 is 5.97 Å². The van der Waals surface area contributed by atoms with Gasteiger partial charge in [0.15, 0.2) is 0 Å². The summed E-state index contributed by atoms with van der Waals surface area (Å²) in [5.41, 5.74) is 1.02. The fourth-order valence-electron chi connectivity index (χ4n) is 3.06. The third-order valence-corrected chi connectivity index (χ3v) is 5.93. The molecule has 1 N–H and O–H groups in total. The molecule has 0 atom stereocenters. The van der Waals surface area contributed by atoms with Crippen LogP contribution in [0.4, 0.5) is 0 Å². The van der Waals surface area contributed by atoms with Gasteiger partial charge in [-0.3, -0.25) is 14.5 Å². The number of unbranched alkanes of at least 4 members (excludes halogenated alkanes) is 7. The van der Waals surface area contributed by atoms with E-state index in [2.05, 4.69) is 0 Å². The van der Waals surface area contributed by atoms with Gasteiger partial charge in [-0.2, -0.15) is 0 Å². The number of nitrogens with zero attached hydrogens (tertiary/aromatic N) is 2. The Morgan fingerprint density at radius 3 is 2.37 bits per heavy atom. The molecule has 1 aliphatic heterocycles. The number of rotatable bonds is 12. The predicted octanol–water partition coefficient (Wildman–Crippen LogP) is 4.82. The molecule has 1 aromatic heterocycles. The van der Waals surface area contributed by atoms with E-state index in [4.69, 9.17) is 17.3 Å². The van der Waals surface area contributed by atoms with Gasteiger partial charge >= 0.3 is 5.97 Å². The summed E-state index contributed by atoms with van der Waals surface area (Å²) in [4.78, 5) is 25.4. The summed E-state index contributed by atoms with van der Waals surface area (Å²) in [6.45, 7) is 0.690. The van der Waals surface area contributed by atoms with Crippen LogP contribution in [0.3, 0.4) is 0 Å². The van der Waals surface area contributed by atoms with Gasteiger partial charge in [0.25, 0.3) is 5.91 Å². The van der Waals surface area contributed by atoms with Crippen LogP contribution in [-0.4, -0.2) is 37.3 Å². The molecule has 0 aliphatic carbocycles. The van der Waals surface area contributed by atoms with Crippen molar-refractivity contribution in [3.8, 4) is 0 Å². The van der Waals surface area contributed by atoms with Crippen molar-refractivity contribution in [1.82, 2.24) is 9.47 Å². The lowest BCUT2D eigenvalue weighted by Crippen LogP contribution is -2.29. The molecule has 1 fully saturated rings. The van der Waals surface area contributed by atoms with Crippen molar-refractivity contribution in [2.45, 2.75) is 57.8 Å². The average Bonchev–Trinajstić information content (AvgIpc) is 3.13. The SMILES string of the molecule is Cn1ccc(C=C2SC(=S)N(CCCCCCCCCCC(=O)O)C2=O)c1. The third-order valence-electron chi connectivity index (χ3n) is 4.55. The lowest BCUT2D eigenvalue weighted by molar-refractivity contribution is -0.137. The molecule has 2 rings (SSSR count). The predicted molar refractivity (Wildman–Crippen MR) is 114 cm³/mol. The molecule has 0 spiro atoms. The number of thioether (sulfide) groups is 1. The van der Waals surface area contributed by atoms with Crippen molar-refractivity contribution in [1.29, 1.82) is 0 Å². The van der Waals surface area contributed by atoms with Gasteiger partial charge in [-0.15, -0.1) is 0 Å². The van der Waals surface area contributed by atoms with E-state index in [-0.39, 0.29) is 12.3 Å². The Morgan fingerprint density at radius 2 is 1.78 bits per heavy atom. The quantitative estimate of drug-likeness (QED) is 0.305. The zero-order chi connectivity index (χ0) is 19.6. The molecule has 1 saturated heterocycles. The van der Waals surface area contributed by atoms with Crippen molar-refractivity contribution in [3.63, 3.8) is 0 Å². The maximum absolute atomic E-state index is 12.5. The smallest absolute Gasteiger partial charge is 0.303 e. The number of carboxylic acids is 1. The van der Waals surface area contributed by atoms with Gasteiger partial charge in [0.1, 0.15) is 4.32 Å². The maximum atomic E-state index is 12.5. The van der Waals surface area contributed by atoms with E-state index in [1.807, 2.05) is 36.2 Å². The van der Waals surface area contributed by atoms with Gasteiger partial charge in [0.2, 0.25) is 0 Å². The van der Waals surface area contributed by atoms with Crippen LogP contribution < -0.4 is 0 Å². The first kappa shape index (κ1) is 21.7. The normalized spacial score (nSPS) is 15.9. The monoisotopic (exact) mass is 408 g/mol. The van der Waals surface area contributed by atoms with Gasteiger partial charge in [-0.1, -0.05) is 62.5 Å². The lowest BCUT2D eigenvalue weighted by Gasteiger charge is -2.14. The van der Waals surface area contributed by atoms with Gasteiger partial charge in [-0.25, -0.2) is 0 Å². The zero-order valence-corrected chi connectivity index (χ0v) is 17.5. The highest BCUT2D eigenvalue weighted by Gasteiger charge is 2.31. The van der Waals surface area contributed by atoms with Crippen LogP contribution in [0.5, 0.6) is 0 Å². The second-order valence-corrected chi connectivity index (χ2v) is 8.59. The number of aliphatic carboxylic acids is 1. The number of carbonyl (C=O) groups excluding carboxylic acids is 1. The van der Waals surface area contributed by atoms with E-state index in [0.29, 0.717) is 15.8 Å². The van der Waals surface area contributed by atoms with Crippen LogP contribution in [-0.2, 0) is 16.6 Å². The molecule has 27 heavy (non-hydrogen) atoms. The summed E-state index contributed by atoms with van der Waals surface area (Å²) in [5, 5.41) is 8.59. The van der Waals surface area contributed by atoms with Gasteiger partial charge < -0.3 is 9.67 Å². The Bertz CT molecular complexity index is 697. The molecule has 148 valence electrons. The first-order valence-electron chi connectivity index (χ1n) is 9.56. The number of carboxylic acid groups (broad SMARTS) is 1. The Morgan fingerprint density at radius 1 is 1.15 bits per heavy atom. The molecule has 0 aromatic carbocycles. The number of aromatic nitrogens is 1. The van der Waals surface area contributed by atoms with Crippen molar-refractivity contribution < 1.29 is 14.7 Å². The standard InChI is InChI=1S/C20H28N2O3S2/c1-21-13-11-16(15-21)14-17-19(25)22(20(26)27-17)12-9-7-5-3-2-4-6-8-10-18(23)24/h11,13-15H,2-10,12H2,1H3,(H,23,24).